The van der Waals surface area contributed by atoms with Crippen LogP contribution in [0.1, 0.15) is 30.4 Å². The predicted molar refractivity (Wildman–Crippen MR) is 103 cm³/mol. The summed E-state index contributed by atoms with van der Waals surface area (Å²) in [7, 11) is -3.39. The highest BCUT2D eigenvalue weighted by molar-refractivity contribution is 7.91. The Hall–Kier alpha value is -1.85. The third-order valence-corrected chi connectivity index (χ3v) is 5.83. The van der Waals surface area contributed by atoms with Gasteiger partial charge >= 0.3 is 0 Å². The van der Waals surface area contributed by atoms with Crippen LogP contribution in [0.25, 0.3) is 0 Å². The molecule has 0 bridgehead atoms. The van der Waals surface area contributed by atoms with Crippen molar-refractivity contribution < 1.29 is 8.42 Å². The number of benzene rings is 2. The van der Waals surface area contributed by atoms with Crippen LogP contribution in [0, 0.1) is 0 Å². The molecule has 0 aromatic heterocycles. The van der Waals surface area contributed by atoms with Gasteiger partial charge in [0.15, 0.2) is 0 Å². The zero-order chi connectivity index (χ0) is 17.5. The Bertz CT molecular complexity index is 752. The summed E-state index contributed by atoms with van der Waals surface area (Å²) in [6.45, 7) is 3.63. The maximum Gasteiger partial charge on any atom is 0.236 e. The van der Waals surface area contributed by atoms with E-state index in [2.05, 4.69) is 9.62 Å². The van der Waals surface area contributed by atoms with Gasteiger partial charge in [-0.3, -0.25) is 4.72 Å². The maximum atomic E-state index is 12.3. The van der Waals surface area contributed by atoms with Gasteiger partial charge in [-0.1, -0.05) is 42.5 Å². The van der Waals surface area contributed by atoms with Gasteiger partial charge in [0.2, 0.25) is 10.0 Å². The van der Waals surface area contributed by atoms with Crippen molar-refractivity contribution in [2.24, 2.45) is 0 Å². The minimum Gasteiger partial charge on any atom is -0.303 e. The van der Waals surface area contributed by atoms with E-state index in [0.29, 0.717) is 5.69 Å². The van der Waals surface area contributed by atoms with Crippen LogP contribution in [0.4, 0.5) is 5.69 Å². The second-order valence-corrected chi connectivity index (χ2v) is 8.42. The van der Waals surface area contributed by atoms with Crippen molar-refractivity contribution in [1.29, 1.82) is 0 Å². The van der Waals surface area contributed by atoms with Crippen molar-refractivity contribution in [1.82, 2.24) is 4.90 Å². The molecule has 4 nitrogen and oxygen atoms in total. The number of hydrogen-bond donors (Lipinski definition) is 1. The fourth-order valence-corrected chi connectivity index (χ4v) is 4.46. The second-order valence-electron chi connectivity index (χ2n) is 6.70. The lowest BCUT2D eigenvalue weighted by atomic mass is 10.1. The molecule has 0 radical (unpaired) electrons. The predicted octanol–water partition coefficient (Wildman–Crippen LogP) is 3.66. The number of aryl methyl sites for hydroxylation is 1. The smallest absolute Gasteiger partial charge is 0.236 e. The number of anilines is 1. The summed E-state index contributed by atoms with van der Waals surface area (Å²) in [6, 6.07) is 17.0. The van der Waals surface area contributed by atoms with Crippen LogP contribution in [0.15, 0.2) is 54.6 Å². The van der Waals surface area contributed by atoms with E-state index < -0.39 is 10.0 Å². The zero-order valence-electron chi connectivity index (χ0n) is 14.5. The molecule has 134 valence electrons. The molecule has 1 aliphatic heterocycles. The number of sulfonamides is 1. The number of hydrogen-bond acceptors (Lipinski definition) is 3. The van der Waals surface area contributed by atoms with Gasteiger partial charge in [0.1, 0.15) is 0 Å². The molecule has 1 heterocycles. The van der Waals surface area contributed by atoms with Crippen molar-refractivity contribution >= 4 is 15.7 Å². The van der Waals surface area contributed by atoms with Crippen LogP contribution in [0.2, 0.25) is 0 Å². The summed E-state index contributed by atoms with van der Waals surface area (Å²) < 4.78 is 27.2. The monoisotopic (exact) mass is 358 g/mol. The first-order valence-electron chi connectivity index (χ1n) is 8.96. The van der Waals surface area contributed by atoms with Crippen LogP contribution < -0.4 is 4.72 Å². The van der Waals surface area contributed by atoms with Crippen LogP contribution in [-0.2, 0) is 22.2 Å². The Morgan fingerprint density at radius 1 is 0.880 bits per heavy atom. The van der Waals surface area contributed by atoms with E-state index in [-0.39, 0.29) is 5.75 Å². The van der Waals surface area contributed by atoms with E-state index in [1.165, 1.54) is 31.5 Å². The largest absolute Gasteiger partial charge is 0.303 e. The van der Waals surface area contributed by atoms with Gasteiger partial charge in [0.05, 0.1) is 5.75 Å². The second kappa shape index (κ2) is 8.50. The highest BCUT2D eigenvalue weighted by Gasteiger charge is 2.12. The molecule has 2 aromatic rings. The van der Waals surface area contributed by atoms with Crippen molar-refractivity contribution in [3.63, 3.8) is 0 Å². The minimum atomic E-state index is -3.39. The van der Waals surface area contributed by atoms with E-state index in [1.54, 1.807) is 0 Å². The molecule has 0 unspecified atom stereocenters. The normalized spacial score (nSPS) is 15.4. The van der Waals surface area contributed by atoms with Gasteiger partial charge in [0.25, 0.3) is 0 Å². The van der Waals surface area contributed by atoms with Crippen LogP contribution in [0.5, 0.6) is 0 Å². The summed E-state index contributed by atoms with van der Waals surface area (Å²) in [5, 5.41) is 0. The van der Waals surface area contributed by atoms with Gasteiger partial charge in [-0.05, 0) is 68.6 Å². The molecular formula is C20H26N2O2S. The Morgan fingerprint density at radius 2 is 1.56 bits per heavy atom. The molecule has 5 heteroatoms. The number of nitrogens with zero attached hydrogens (tertiary/aromatic N) is 1. The summed E-state index contributed by atoms with van der Waals surface area (Å²) in [5.74, 6) is -0.00851. The van der Waals surface area contributed by atoms with Gasteiger partial charge in [-0.2, -0.15) is 0 Å². The summed E-state index contributed by atoms with van der Waals surface area (Å²) in [5.41, 5.74) is 2.66. The minimum absolute atomic E-state index is 0.00851. The number of nitrogens with one attached hydrogen (secondary N) is 1. The molecule has 0 amide bonds. The van der Waals surface area contributed by atoms with Crippen LogP contribution in [0.3, 0.4) is 0 Å². The summed E-state index contributed by atoms with van der Waals surface area (Å²) >= 11 is 0. The SMILES string of the molecule is O=S(=O)(Cc1ccccc1)Nc1ccc(CCCN2CCCC2)cc1. The molecule has 0 atom stereocenters. The van der Waals surface area contributed by atoms with Gasteiger partial charge < -0.3 is 4.90 Å². The Labute approximate surface area is 150 Å². The van der Waals surface area contributed by atoms with Crippen LogP contribution >= 0.6 is 0 Å². The highest BCUT2D eigenvalue weighted by atomic mass is 32.2. The van der Waals surface area contributed by atoms with E-state index >= 15 is 0 Å². The van der Waals surface area contributed by atoms with Crippen molar-refractivity contribution in [2.75, 3.05) is 24.4 Å². The molecule has 25 heavy (non-hydrogen) atoms. The third-order valence-electron chi connectivity index (χ3n) is 4.57. The lowest BCUT2D eigenvalue weighted by Gasteiger charge is -2.14. The first kappa shape index (κ1) is 18.0. The highest BCUT2D eigenvalue weighted by Crippen LogP contribution is 2.15. The summed E-state index contributed by atoms with van der Waals surface area (Å²) in [6.07, 6.45) is 4.85. The third kappa shape index (κ3) is 5.87. The van der Waals surface area contributed by atoms with Gasteiger partial charge in [-0.25, -0.2) is 8.42 Å². The molecule has 2 aromatic carbocycles. The Kier molecular flexibility index (Phi) is 6.10. The quantitative estimate of drug-likeness (QED) is 0.783. The molecule has 0 aliphatic carbocycles. The molecule has 1 aliphatic rings. The van der Waals surface area contributed by atoms with Crippen molar-refractivity contribution in [3.05, 3.63) is 65.7 Å². The zero-order valence-corrected chi connectivity index (χ0v) is 15.3. The van der Waals surface area contributed by atoms with Crippen molar-refractivity contribution in [2.45, 2.75) is 31.4 Å². The molecule has 1 fully saturated rings. The molecule has 3 rings (SSSR count). The molecule has 0 spiro atoms. The first-order chi connectivity index (χ1) is 12.1. The van der Waals surface area contributed by atoms with Crippen molar-refractivity contribution in [3.8, 4) is 0 Å². The summed E-state index contributed by atoms with van der Waals surface area (Å²) in [4.78, 5) is 2.52. The van der Waals surface area contributed by atoms with E-state index in [9.17, 15) is 8.42 Å². The molecule has 1 N–H and O–H groups in total. The topological polar surface area (TPSA) is 49.4 Å². The van der Waals surface area contributed by atoms with Crippen LogP contribution in [-0.4, -0.2) is 33.0 Å². The fraction of sp³-hybridized carbons (Fsp3) is 0.400. The lowest BCUT2D eigenvalue weighted by molar-refractivity contribution is 0.334. The van der Waals surface area contributed by atoms with E-state index in [0.717, 1.165) is 24.9 Å². The number of rotatable bonds is 8. The number of likely N-dealkylation sites (tertiary alicyclic amines) is 1. The molecule has 0 saturated carbocycles. The fourth-order valence-electron chi connectivity index (χ4n) is 3.26. The standard InChI is InChI=1S/C20H26N2O2S/c23-25(24,17-19-7-2-1-3-8-19)21-20-12-10-18(11-13-20)9-6-16-22-14-4-5-15-22/h1-3,7-8,10-13,21H,4-6,9,14-17H2. The average Bonchev–Trinajstić information content (AvgIpc) is 3.10. The Balaban J connectivity index is 1.49. The van der Waals surface area contributed by atoms with Gasteiger partial charge in [0, 0.05) is 5.69 Å². The van der Waals surface area contributed by atoms with E-state index in [4.69, 9.17) is 0 Å². The van der Waals surface area contributed by atoms with Gasteiger partial charge in [-0.15, -0.1) is 0 Å². The molecular weight excluding hydrogens is 332 g/mol. The van der Waals surface area contributed by atoms with E-state index in [1.807, 2.05) is 54.6 Å². The maximum absolute atomic E-state index is 12.3. The molecule has 1 saturated heterocycles. The average molecular weight is 359 g/mol. The lowest BCUT2D eigenvalue weighted by Crippen LogP contribution is -2.20. The first-order valence-corrected chi connectivity index (χ1v) is 10.6. The Morgan fingerprint density at radius 3 is 2.24 bits per heavy atom.